The SMILES string of the molecule is CC(C)(C(=O)O)c1ccc(NC(=O)c2ccnc(OC3CCOC3)c2)cc1. The van der Waals surface area contributed by atoms with Crippen LogP contribution in [-0.2, 0) is 14.9 Å². The van der Waals surface area contributed by atoms with E-state index < -0.39 is 11.4 Å². The largest absolute Gasteiger partial charge is 0.481 e. The molecule has 0 spiro atoms. The van der Waals surface area contributed by atoms with Crippen LogP contribution in [0.5, 0.6) is 5.88 Å². The fourth-order valence-electron chi connectivity index (χ4n) is 2.69. The Morgan fingerprint density at radius 1 is 1.26 bits per heavy atom. The highest BCUT2D eigenvalue weighted by atomic mass is 16.5. The fourth-order valence-corrected chi connectivity index (χ4v) is 2.69. The summed E-state index contributed by atoms with van der Waals surface area (Å²) in [4.78, 5) is 27.9. The van der Waals surface area contributed by atoms with Crippen molar-refractivity contribution in [2.75, 3.05) is 18.5 Å². The molecule has 7 heteroatoms. The fraction of sp³-hybridized carbons (Fsp3) is 0.350. The van der Waals surface area contributed by atoms with Gasteiger partial charge in [0.2, 0.25) is 5.88 Å². The van der Waals surface area contributed by atoms with Crippen LogP contribution >= 0.6 is 0 Å². The minimum atomic E-state index is -0.996. The molecule has 2 N–H and O–H groups in total. The topological polar surface area (TPSA) is 97.8 Å². The van der Waals surface area contributed by atoms with E-state index in [9.17, 15) is 14.7 Å². The minimum Gasteiger partial charge on any atom is -0.481 e. The van der Waals surface area contributed by atoms with Crippen molar-refractivity contribution >= 4 is 17.6 Å². The van der Waals surface area contributed by atoms with Gasteiger partial charge in [-0.05, 0) is 37.6 Å². The molecule has 1 aromatic heterocycles. The zero-order valence-corrected chi connectivity index (χ0v) is 15.3. The first kappa shape index (κ1) is 18.8. The maximum Gasteiger partial charge on any atom is 0.313 e. The van der Waals surface area contributed by atoms with Crippen LogP contribution in [0, 0.1) is 0 Å². The molecular weight excluding hydrogens is 348 g/mol. The highest BCUT2D eigenvalue weighted by molar-refractivity contribution is 6.04. The Labute approximate surface area is 157 Å². The zero-order valence-electron chi connectivity index (χ0n) is 15.3. The van der Waals surface area contributed by atoms with E-state index in [0.717, 1.165) is 6.42 Å². The van der Waals surface area contributed by atoms with Crippen molar-refractivity contribution in [3.63, 3.8) is 0 Å². The molecule has 0 saturated carbocycles. The number of amides is 1. The van der Waals surface area contributed by atoms with Gasteiger partial charge >= 0.3 is 5.97 Å². The number of carbonyl (C=O) groups excluding carboxylic acids is 1. The Kier molecular flexibility index (Phi) is 5.41. The number of nitrogens with one attached hydrogen (secondary N) is 1. The Bertz CT molecular complexity index is 827. The quantitative estimate of drug-likeness (QED) is 0.811. The second-order valence-corrected chi connectivity index (χ2v) is 6.95. The number of carboxylic acids is 1. The third kappa shape index (κ3) is 4.43. The first-order valence-electron chi connectivity index (χ1n) is 8.72. The van der Waals surface area contributed by atoms with E-state index in [1.807, 2.05) is 0 Å². The molecule has 1 fully saturated rings. The van der Waals surface area contributed by atoms with E-state index in [-0.39, 0.29) is 12.0 Å². The molecule has 1 aromatic carbocycles. The van der Waals surface area contributed by atoms with Gasteiger partial charge in [-0.15, -0.1) is 0 Å². The molecule has 1 amide bonds. The van der Waals surface area contributed by atoms with Crippen LogP contribution in [0.2, 0.25) is 0 Å². The Morgan fingerprint density at radius 3 is 2.63 bits per heavy atom. The van der Waals surface area contributed by atoms with E-state index in [4.69, 9.17) is 9.47 Å². The van der Waals surface area contributed by atoms with Crippen LogP contribution in [0.1, 0.15) is 36.2 Å². The van der Waals surface area contributed by atoms with E-state index in [2.05, 4.69) is 10.3 Å². The lowest BCUT2D eigenvalue weighted by atomic mass is 9.85. The van der Waals surface area contributed by atoms with Crippen LogP contribution in [-0.4, -0.2) is 41.3 Å². The highest BCUT2D eigenvalue weighted by Crippen LogP contribution is 2.25. The monoisotopic (exact) mass is 370 g/mol. The third-order valence-electron chi connectivity index (χ3n) is 4.57. The number of ether oxygens (including phenoxy) is 2. The maximum absolute atomic E-state index is 12.5. The summed E-state index contributed by atoms with van der Waals surface area (Å²) in [5.74, 6) is -0.817. The molecule has 27 heavy (non-hydrogen) atoms. The van der Waals surface area contributed by atoms with E-state index >= 15 is 0 Å². The number of carboxylic acid groups (broad SMARTS) is 1. The average Bonchev–Trinajstić information content (AvgIpc) is 3.15. The molecule has 0 radical (unpaired) electrons. The number of rotatable bonds is 6. The first-order chi connectivity index (χ1) is 12.9. The molecule has 2 aromatic rings. The standard InChI is InChI=1S/C20H22N2O5/c1-20(2,19(24)25)14-3-5-15(6-4-14)22-18(23)13-7-9-21-17(11-13)27-16-8-10-26-12-16/h3-7,9,11,16H,8,10,12H2,1-2H3,(H,22,23)(H,24,25). The van der Waals surface area contributed by atoms with Crippen molar-refractivity contribution in [3.8, 4) is 5.88 Å². The Hall–Kier alpha value is -2.93. The Balaban J connectivity index is 1.67. The van der Waals surface area contributed by atoms with Crippen molar-refractivity contribution in [2.45, 2.75) is 31.8 Å². The number of aromatic nitrogens is 1. The van der Waals surface area contributed by atoms with Gasteiger partial charge in [0.15, 0.2) is 0 Å². The van der Waals surface area contributed by atoms with Crippen LogP contribution in [0.25, 0.3) is 0 Å². The minimum absolute atomic E-state index is 0.0408. The predicted molar refractivity (Wildman–Crippen MR) is 99.1 cm³/mol. The number of benzene rings is 1. The molecule has 0 bridgehead atoms. The Morgan fingerprint density at radius 2 is 2.00 bits per heavy atom. The van der Waals surface area contributed by atoms with Gasteiger partial charge in [-0.3, -0.25) is 9.59 Å². The summed E-state index contributed by atoms with van der Waals surface area (Å²) in [6, 6.07) is 9.97. The number of hydrogen-bond acceptors (Lipinski definition) is 5. The second-order valence-electron chi connectivity index (χ2n) is 6.95. The van der Waals surface area contributed by atoms with Gasteiger partial charge in [-0.1, -0.05) is 12.1 Å². The summed E-state index contributed by atoms with van der Waals surface area (Å²) in [6.07, 6.45) is 2.29. The lowest BCUT2D eigenvalue weighted by Gasteiger charge is -2.20. The summed E-state index contributed by atoms with van der Waals surface area (Å²) in [7, 11) is 0. The summed E-state index contributed by atoms with van der Waals surface area (Å²) in [5.41, 5.74) is 0.665. The molecule has 3 rings (SSSR count). The van der Waals surface area contributed by atoms with Crippen molar-refractivity contribution in [2.24, 2.45) is 0 Å². The lowest BCUT2D eigenvalue weighted by molar-refractivity contribution is -0.142. The normalized spacial score (nSPS) is 16.7. The van der Waals surface area contributed by atoms with Crippen LogP contribution in [0.3, 0.4) is 0 Å². The molecule has 7 nitrogen and oxygen atoms in total. The number of nitrogens with zero attached hydrogens (tertiary/aromatic N) is 1. The first-order valence-corrected chi connectivity index (χ1v) is 8.72. The third-order valence-corrected chi connectivity index (χ3v) is 4.57. The van der Waals surface area contributed by atoms with Crippen LogP contribution in [0.15, 0.2) is 42.6 Å². The highest BCUT2D eigenvalue weighted by Gasteiger charge is 2.29. The lowest BCUT2D eigenvalue weighted by Crippen LogP contribution is -2.28. The zero-order chi connectivity index (χ0) is 19.4. The smallest absolute Gasteiger partial charge is 0.313 e. The van der Waals surface area contributed by atoms with Crippen molar-refractivity contribution in [1.82, 2.24) is 4.98 Å². The van der Waals surface area contributed by atoms with Crippen molar-refractivity contribution in [3.05, 3.63) is 53.7 Å². The molecular formula is C20H22N2O5. The summed E-state index contributed by atoms with van der Waals surface area (Å²) in [6.45, 7) is 4.46. The van der Waals surface area contributed by atoms with Crippen molar-refractivity contribution in [1.29, 1.82) is 0 Å². The maximum atomic E-state index is 12.5. The number of pyridine rings is 1. The predicted octanol–water partition coefficient (Wildman–Crippen LogP) is 2.86. The summed E-state index contributed by atoms with van der Waals surface area (Å²) in [5, 5.41) is 12.1. The summed E-state index contributed by atoms with van der Waals surface area (Å²) >= 11 is 0. The molecule has 1 saturated heterocycles. The van der Waals surface area contributed by atoms with Crippen LogP contribution < -0.4 is 10.1 Å². The number of hydrogen-bond donors (Lipinski definition) is 2. The van der Waals surface area contributed by atoms with E-state index in [0.29, 0.717) is 35.9 Å². The molecule has 1 aliphatic rings. The molecule has 1 aliphatic heterocycles. The summed E-state index contributed by atoms with van der Waals surface area (Å²) < 4.78 is 11.0. The molecule has 1 unspecified atom stereocenters. The van der Waals surface area contributed by atoms with E-state index in [1.165, 1.54) is 6.20 Å². The van der Waals surface area contributed by atoms with Gasteiger partial charge in [0.05, 0.1) is 18.6 Å². The molecule has 2 heterocycles. The van der Waals surface area contributed by atoms with Crippen LogP contribution in [0.4, 0.5) is 5.69 Å². The van der Waals surface area contributed by atoms with Gasteiger partial charge in [-0.2, -0.15) is 0 Å². The number of aliphatic carboxylic acids is 1. The van der Waals surface area contributed by atoms with Gasteiger partial charge in [0, 0.05) is 29.9 Å². The molecule has 142 valence electrons. The number of carbonyl (C=O) groups is 2. The van der Waals surface area contributed by atoms with Gasteiger partial charge in [0.25, 0.3) is 5.91 Å². The molecule has 1 atom stereocenters. The van der Waals surface area contributed by atoms with E-state index in [1.54, 1.807) is 50.2 Å². The van der Waals surface area contributed by atoms with Gasteiger partial charge in [0.1, 0.15) is 6.10 Å². The number of anilines is 1. The van der Waals surface area contributed by atoms with Gasteiger partial charge < -0.3 is 19.9 Å². The molecule has 0 aliphatic carbocycles. The van der Waals surface area contributed by atoms with Crippen molar-refractivity contribution < 1.29 is 24.2 Å². The van der Waals surface area contributed by atoms with Gasteiger partial charge in [-0.25, -0.2) is 4.98 Å². The average molecular weight is 370 g/mol. The second kappa shape index (κ2) is 7.75.